The fraction of sp³-hybridized carbons (Fsp3) is 0.250. The first kappa shape index (κ1) is 14.6. The Labute approximate surface area is 123 Å². The summed E-state index contributed by atoms with van der Waals surface area (Å²) < 4.78 is 0. The van der Waals surface area contributed by atoms with Crippen LogP contribution < -0.4 is 5.32 Å². The van der Waals surface area contributed by atoms with Crippen LogP contribution >= 0.6 is 11.8 Å². The Kier molecular flexibility index (Phi) is 4.79. The first-order chi connectivity index (χ1) is 9.56. The van der Waals surface area contributed by atoms with Gasteiger partial charge in [0.25, 0.3) is 0 Å². The van der Waals surface area contributed by atoms with Gasteiger partial charge in [0.1, 0.15) is 0 Å². The second-order valence-corrected chi connectivity index (χ2v) is 5.77. The molecule has 3 nitrogen and oxygen atoms in total. The number of anilines is 1. The molecule has 104 valence electrons. The van der Waals surface area contributed by atoms with E-state index < -0.39 is 0 Å². The van der Waals surface area contributed by atoms with Gasteiger partial charge in [0.2, 0.25) is 5.91 Å². The normalized spacial score (nSPS) is 10.3. The van der Waals surface area contributed by atoms with Crippen LogP contribution in [0.2, 0.25) is 0 Å². The molecule has 1 heterocycles. The van der Waals surface area contributed by atoms with Gasteiger partial charge in [-0.3, -0.25) is 4.79 Å². The third kappa shape index (κ3) is 3.84. The third-order valence-electron chi connectivity index (χ3n) is 2.98. The number of rotatable bonds is 4. The molecule has 2 rings (SSSR count). The van der Waals surface area contributed by atoms with E-state index in [0.717, 1.165) is 27.4 Å². The first-order valence-corrected chi connectivity index (χ1v) is 7.46. The zero-order valence-electron chi connectivity index (χ0n) is 11.9. The maximum atomic E-state index is 12.0. The SMILES string of the molecule is Cc1ccc(SCC(=O)Nc2c(C)cccc2C)nc1. The summed E-state index contributed by atoms with van der Waals surface area (Å²) in [6.07, 6.45) is 1.81. The lowest BCUT2D eigenvalue weighted by atomic mass is 10.1. The molecule has 1 aromatic heterocycles. The Balaban J connectivity index is 1.94. The summed E-state index contributed by atoms with van der Waals surface area (Å²) >= 11 is 1.45. The first-order valence-electron chi connectivity index (χ1n) is 6.48. The van der Waals surface area contributed by atoms with Crippen LogP contribution in [0.25, 0.3) is 0 Å². The number of hydrogen-bond acceptors (Lipinski definition) is 3. The summed E-state index contributed by atoms with van der Waals surface area (Å²) in [6.45, 7) is 5.99. The van der Waals surface area contributed by atoms with E-state index in [2.05, 4.69) is 10.3 Å². The molecular formula is C16H18N2OS. The highest BCUT2D eigenvalue weighted by atomic mass is 32.2. The van der Waals surface area contributed by atoms with E-state index in [-0.39, 0.29) is 5.91 Å². The molecule has 0 aliphatic carbocycles. The Morgan fingerprint density at radius 2 is 1.85 bits per heavy atom. The highest BCUT2D eigenvalue weighted by Gasteiger charge is 2.08. The van der Waals surface area contributed by atoms with E-state index in [4.69, 9.17) is 0 Å². The minimum absolute atomic E-state index is 0.00484. The molecule has 2 aromatic rings. The molecule has 0 spiro atoms. The van der Waals surface area contributed by atoms with Gasteiger partial charge in [-0.15, -0.1) is 0 Å². The lowest BCUT2D eigenvalue weighted by Crippen LogP contribution is -2.15. The van der Waals surface area contributed by atoms with Gasteiger partial charge in [-0.25, -0.2) is 4.98 Å². The largest absolute Gasteiger partial charge is 0.325 e. The van der Waals surface area contributed by atoms with E-state index in [0.29, 0.717) is 5.75 Å². The molecule has 0 aliphatic rings. The van der Waals surface area contributed by atoms with E-state index in [1.54, 1.807) is 0 Å². The molecular weight excluding hydrogens is 268 g/mol. The second-order valence-electron chi connectivity index (χ2n) is 4.78. The van der Waals surface area contributed by atoms with Gasteiger partial charge in [0.15, 0.2) is 0 Å². The second kappa shape index (κ2) is 6.57. The lowest BCUT2D eigenvalue weighted by molar-refractivity contribution is -0.113. The number of carbonyl (C=O) groups is 1. The van der Waals surface area contributed by atoms with Crippen LogP contribution in [0.3, 0.4) is 0 Å². The van der Waals surface area contributed by atoms with Crippen molar-refractivity contribution >= 4 is 23.4 Å². The summed E-state index contributed by atoms with van der Waals surface area (Å²) in [4.78, 5) is 16.3. The highest BCUT2D eigenvalue weighted by molar-refractivity contribution is 7.99. The predicted molar refractivity (Wildman–Crippen MR) is 84.2 cm³/mol. The topological polar surface area (TPSA) is 42.0 Å². The molecule has 0 bridgehead atoms. The summed E-state index contributed by atoms with van der Waals surface area (Å²) in [5.41, 5.74) is 4.19. The molecule has 0 aliphatic heterocycles. The van der Waals surface area contributed by atoms with Gasteiger partial charge in [0, 0.05) is 11.9 Å². The summed E-state index contributed by atoms with van der Waals surface area (Å²) in [7, 11) is 0. The Bertz CT molecular complexity index is 588. The highest BCUT2D eigenvalue weighted by Crippen LogP contribution is 2.21. The van der Waals surface area contributed by atoms with Crippen LogP contribution in [0, 0.1) is 20.8 Å². The molecule has 0 saturated heterocycles. The molecule has 4 heteroatoms. The minimum Gasteiger partial charge on any atom is -0.325 e. The van der Waals surface area contributed by atoms with E-state index >= 15 is 0 Å². The third-order valence-corrected chi connectivity index (χ3v) is 3.92. The van der Waals surface area contributed by atoms with Crippen molar-refractivity contribution in [3.8, 4) is 0 Å². The average Bonchev–Trinajstić information content (AvgIpc) is 2.42. The Hall–Kier alpha value is -1.81. The van der Waals surface area contributed by atoms with Gasteiger partial charge >= 0.3 is 0 Å². The van der Waals surface area contributed by atoms with Crippen LogP contribution in [0.5, 0.6) is 0 Å². The molecule has 1 amide bonds. The summed E-state index contributed by atoms with van der Waals surface area (Å²) in [5, 5.41) is 3.84. The van der Waals surface area contributed by atoms with Gasteiger partial charge in [-0.1, -0.05) is 36.0 Å². The molecule has 0 radical (unpaired) electrons. The quantitative estimate of drug-likeness (QED) is 0.871. The number of benzene rings is 1. The number of carbonyl (C=O) groups excluding carboxylic acids is 1. The lowest BCUT2D eigenvalue weighted by Gasteiger charge is -2.11. The van der Waals surface area contributed by atoms with E-state index in [1.165, 1.54) is 11.8 Å². The van der Waals surface area contributed by atoms with Crippen molar-refractivity contribution in [3.63, 3.8) is 0 Å². The van der Waals surface area contributed by atoms with Crippen LogP contribution in [0.4, 0.5) is 5.69 Å². The van der Waals surface area contributed by atoms with E-state index in [9.17, 15) is 4.79 Å². The Morgan fingerprint density at radius 1 is 1.15 bits per heavy atom. The molecule has 0 atom stereocenters. The van der Waals surface area contributed by atoms with Crippen molar-refractivity contribution in [2.75, 3.05) is 11.1 Å². The van der Waals surface area contributed by atoms with Gasteiger partial charge in [0.05, 0.1) is 10.8 Å². The monoisotopic (exact) mass is 286 g/mol. The fourth-order valence-electron chi connectivity index (χ4n) is 1.87. The maximum Gasteiger partial charge on any atom is 0.234 e. The molecule has 1 N–H and O–H groups in total. The standard InChI is InChI=1S/C16H18N2OS/c1-11-7-8-15(17-9-11)20-10-14(19)18-16-12(2)5-4-6-13(16)3/h4-9H,10H2,1-3H3,(H,18,19). The van der Waals surface area contributed by atoms with Crippen LogP contribution in [-0.4, -0.2) is 16.6 Å². The molecule has 0 unspecified atom stereocenters. The fourth-order valence-corrected chi connectivity index (χ4v) is 2.51. The molecule has 0 saturated carbocycles. The number of nitrogens with one attached hydrogen (secondary N) is 1. The van der Waals surface area contributed by atoms with E-state index in [1.807, 2.05) is 57.3 Å². The van der Waals surface area contributed by atoms with Crippen LogP contribution in [0.15, 0.2) is 41.6 Å². The number of para-hydroxylation sites is 1. The maximum absolute atomic E-state index is 12.0. The van der Waals surface area contributed by atoms with Gasteiger partial charge < -0.3 is 5.32 Å². The number of aromatic nitrogens is 1. The zero-order chi connectivity index (χ0) is 14.5. The summed E-state index contributed by atoms with van der Waals surface area (Å²) in [5.74, 6) is 0.360. The molecule has 1 aromatic carbocycles. The van der Waals surface area contributed by atoms with Crippen molar-refractivity contribution in [1.82, 2.24) is 4.98 Å². The van der Waals surface area contributed by atoms with Crippen molar-refractivity contribution < 1.29 is 4.79 Å². The summed E-state index contributed by atoms with van der Waals surface area (Å²) in [6, 6.07) is 9.92. The van der Waals surface area contributed by atoms with Crippen molar-refractivity contribution in [2.45, 2.75) is 25.8 Å². The van der Waals surface area contributed by atoms with Gasteiger partial charge in [-0.2, -0.15) is 0 Å². The van der Waals surface area contributed by atoms with Crippen LogP contribution in [-0.2, 0) is 4.79 Å². The number of amides is 1. The smallest absolute Gasteiger partial charge is 0.234 e. The Morgan fingerprint density at radius 3 is 2.45 bits per heavy atom. The number of thioether (sulfide) groups is 1. The van der Waals surface area contributed by atoms with Crippen LogP contribution in [0.1, 0.15) is 16.7 Å². The average molecular weight is 286 g/mol. The number of pyridine rings is 1. The minimum atomic E-state index is -0.00484. The number of nitrogens with zero attached hydrogens (tertiary/aromatic N) is 1. The van der Waals surface area contributed by atoms with Crippen molar-refractivity contribution in [1.29, 1.82) is 0 Å². The molecule has 20 heavy (non-hydrogen) atoms. The van der Waals surface area contributed by atoms with Crippen molar-refractivity contribution in [2.24, 2.45) is 0 Å². The van der Waals surface area contributed by atoms with Gasteiger partial charge in [-0.05, 0) is 43.5 Å². The number of hydrogen-bond donors (Lipinski definition) is 1. The molecule has 0 fully saturated rings. The van der Waals surface area contributed by atoms with Crippen molar-refractivity contribution in [3.05, 3.63) is 53.2 Å². The predicted octanol–water partition coefficient (Wildman–Crippen LogP) is 3.74. The number of aryl methyl sites for hydroxylation is 3. The zero-order valence-corrected chi connectivity index (χ0v) is 12.8.